The minimum absolute atomic E-state index is 0.211. The Morgan fingerprint density at radius 2 is 1.23 bits per heavy atom. The lowest BCUT2D eigenvalue weighted by atomic mass is 9.59. The van der Waals surface area contributed by atoms with E-state index in [4.69, 9.17) is 0 Å². The maximum absolute atomic E-state index is 11.9. The van der Waals surface area contributed by atoms with E-state index in [-0.39, 0.29) is 23.7 Å². The summed E-state index contributed by atoms with van der Waals surface area (Å²) < 4.78 is 0. The number of fused-ring (bicyclic) bond motifs is 2. The number of hydrogen-bond donors (Lipinski definition) is 0. The zero-order valence-corrected chi connectivity index (χ0v) is 7.14. The SMILES string of the molecule is O=C1[C@@H]2[C@H]3C[C@H]4[C@@H]2C(=O)[C@H]2[C@@H]1[C@@H]3[C@H]42. The van der Waals surface area contributed by atoms with Crippen LogP contribution in [0, 0.1) is 47.3 Å². The molecule has 13 heavy (non-hydrogen) atoms. The van der Waals surface area contributed by atoms with E-state index in [9.17, 15) is 9.59 Å². The van der Waals surface area contributed by atoms with Crippen molar-refractivity contribution in [3.63, 3.8) is 0 Å². The molecule has 0 spiro atoms. The van der Waals surface area contributed by atoms with Gasteiger partial charge in [0.25, 0.3) is 0 Å². The van der Waals surface area contributed by atoms with Gasteiger partial charge in [-0.3, -0.25) is 9.59 Å². The van der Waals surface area contributed by atoms with Gasteiger partial charge in [0.05, 0.1) is 0 Å². The molecule has 2 heteroatoms. The number of Topliss-reactive ketones (excluding diaryl/α,β-unsaturated/α-hetero) is 2. The van der Waals surface area contributed by atoms with Crippen molar-refractivity contribution in [2.24, 2.45) is 47.3 Å². The van der Waals surface area contributed by atoms with Crippen LogP contribution < -0.4 is 0 Å². The first-order chi connectivity index (χ1) is 6.30. The molecule has 8 atom stereocenters. The topological polar surface area (TPSA) is 34.1 Å². The van der Waals surface area contributed by atoms with Gasteiger partial charge in [0.15, 0.2) is 0 Å². The number of hydrogen-bond acceptors (Lipinski definition) is 2. The Hall–Kier alpha value is -0.660. The predicted octanol–water partition coefficient (Wildman–Crippen LogP) is 0.512. The lowest BCUT2D eigenvalue weighted by Crippen LogP contribution is -2.47. The van der Waals surface area contributed by atoms with E-state index in [1.807, 2.05) is 0 Å². The maximum Gasteiger partial charge on any atom is 0.141 e. The van der Waals surface area contributed by atoms with Gasteiger partial charge in [0, 0.05) is 23.7 Å². The molecular weight excluding hydrogens is 164 g/mol. The summed E-state index contributed by atoms with van der Waals surface area (Å²) >= 11 is 0. The van der Waals surface area contributed by atoms with Crippen molar-refractivity contribution in [3.05, 3.63) is 0 Å². The number of ketones is 2. The van der Waals surface area contributed by atoms with Crippen LogP contribution in [0.4, 0.5) is 0 Å². The quantitative estimate of drug-likeness (QED) is 0.536. The highest BCUT2D eigenvalue weighted by molar-refractivity contribution is 6.06. The molecule has 0 aromatic heterocycles. The van der Waals surface area contributed by atoms with Gasteiger partial charge in [0.1, 0.15) is 11.6 Å². The number of carbonyl (C=O) groups excluding carboxylic acids is 2. The highest BCUT2D eigenvalue weighted by atomic mass is 16.1. The second kappa shape index (κ2) is 1.32. The fourth-order valence-corrected chi connectivity index (χ4v) is 5.80. The van der Waals surface area contributed by atoms with E-state index in [1.54, 1.807) is 0 Å². The summed E-state index contributed by atoms with van der Waals surface area (Å²) in [6.45, 7) is 0. The molecule has 0 aromatic carbocycles. The summed E-state index contributed by atoms with van der Waals surface area (Å²) in [5, 5.41) is 0. The minimum atomic E-state index is 0.211. The Balaban J connectivity index is 1.92. The first-order valence-corrected chi connectivity index (χ1v) is 5.38. The Bertz CT molecular complexity index is 346. The Morgan fingerprint density at radius 1 is 0.769 bits per heavy atom. The zero-order chi connectivity index (χ0) is 8.48. The summed E-state index contributed by atoms with van der Waals surface area (Å²) in [6.07, 6.45) is 1.22. The van der Waals surface area contributed by atoms with E-state index in [2.05, 4.69) is 0 Å². The van der Waals surface area contributed by atoms with Gasteiger partial charge in [0.2, 0.25) is 0 Å². The molecule has 0 heterocycles. The summed E-state index contributed by atoms with van der Waals surface area (Å²) in [6, 6.07) is 0. The summed E-state index contributed by atoms with van der Waals surface area (Å²) in [5.41, 5.74) is 0. The second-order valence-electron chi connectivity index (χ2n) is 5.63. The molecule has 5 aliphatic rings. The van der Waals surface area contributed by atoms with Gasteiger partial charge in [-0.2, -0.15) is 0 Å². The third-order valence-corrected chi connectivity index (χ3v) is 5.82. The molecular formula is C11H10O2. The summed E-state index contributed by atoms with van der Waals surface area (Å²) in [5.74, 6) is 4.49. The Morgan fingerprint density at radius 3 is 1.69 bits per heavy atom. The van der Waals surface area contributed by atoms with Crippen molar-refractivity contribution in [3.8, 4) is 0 Å². The molecule has 0 amide bonds. The van der Waals surface area contributed by atoms with Crippen molar-refractivity contribution in [2.45, 2.75) is 6.42 Å². The monoisotopic (exact) mass is 174 g/mol. The average molecular weight is 174 g/mol. The van der Waals surface area contributed by atoms with Crippen LogP contribution in [0.3, 0.4) is 0 Å². The average Bonchev–Trinajstić information content (AvgIpc) is 2.52. The first kappa shape index (κ1) is 5.94. The van der Waals surface area contributed by atoms with Crippen LogP contribution in [-0.4, -0.2) is 11.6 Å². The third-order valence-electron chi connectivity index (χ3n) is 5.82. The van der Waals surface area contributed by atoms with E-state index in [0.717, 1.165) is 0 Å². The number of rotatable bonds is 0. The molecule has 5 fully saturated rings. The Labute approximate surface area is 75.7 Å². The highest BCUT2D eigenvalue weighted by Gasteiger charge is 2.84. The van der Waals surface area contributed by atoms with Crippen LogP contribution in [0.5, 0.6) is 0 Å². The molecule has 2 bridgehead atoms. The molecule has 5 rings (SSSR count). The van der Waals surface area contributed by atoms with Crippen LogP contribution >= 0.6 is 0 Å². The largest absolute Gasteiger partial charge is 0.299 e. The van der Waals surface area contributed by atoms with Crippen LogP contribution in [0.2, 0.25) is 0 Å². The van der Waals surface area contributed by atoms with Gasteiger partial charge >= 0.3 is 0 Å². The molecule has 2 nitrogen and oxygen atoms in total. The molecule has 0 saturated heterocycles. The first-order valence-electron chi connectivity index (χ1n) is 5.38. The maximum atomic E-state index is 11.9. The fourth-order valence-electron chi connectivity index (χ4n) is 5.80. The molecule has 0 N–H and O–H groups in total. The van der Waals surface area contributed by atoms with Crippen LogP contribution in [-0.2, 0) is 9.59 Å². The highest BCUT2D eigenvalue weighted by Crippen LogP contribution is 2.80. The molecule has 0 radical (unpaired) electrons. The van der Waals surface area contributed by atoms with Crippen molar-refractivity contribution in [1.29, 1.82) is 0 Å². The molecule has 66 valence electrons. The molecule has 5 aliphatic carbocycles. The standard InChI is InChI=1S/C11H10O2/c12-10-6-2-1-3-5-4(2)8(10)9(5)11(13)7(3)6/h2-9H,1H2/t2-,3+,4-,5-,6+,7-,8-,9+/m0/s1. The van der Waals surface area contributed by atoms with Gasteiger partial charge in [-0.15, -0.1) is 0 Å². The molecule has 5 saturated carbocycles. The summed E-state index contributed by atoms with van der Waals surface area (Å²) in [7, 11) is 0. The van der Waals surface area contributed by atoms with E-state index < -0.39 is 0 Å². The van der Waals surface area contributed by atoms with E-state index in [1.165, 1.54) is 6.42 Å². The third kappa shape index (κ3) is 0.323. The zero-order valence-electron chi connectivity index (χ0n) is 7.14. The van der Waals surface area contributed by atoms with Gasteiger partial charge in [-0.25, -0.2) is 0 Å². The normalized spacial score (nSPS) is 74.2. The van der Waals surface area contributed by atoms with Crippen LogP contribution in [0.1, 0.15) is 6.42 Å². The second-order valence-corrected chi connectivity index (χ2v) is 5.63. The van der Waals surface area contributed by atoms with E-state index >= 15 is 0 Å². The lowest BCUT2D eigenvalue weighted by molar-refractivity contribution is -0.145. The van der Waals surface area contributed by atoms with Gasteiger partial charge in [-0.05, 0) is 30.1 Å². The summed E-state index contributed by atoms with van der Waals surface area (Å²) in [4.78, 5) is 23.8. The van der Waals surface area contributed by atoms with Crippen molar-refractivity contribution >= 4 is 11.6 Å². The molecule has 0 unspecified atom stereocenters. The van der Waals surface area contributed by atoms with Crippen LogP contribution in [0.15, 0.2) is 0 Å². The lowest BCUT2D eigenvalue weighted by Gasteiger charge is -2.42. The van der Waals surface area contributed by atoms with Crippen molar-refractivity contribution in [2.75, 3.05) is 0 Å². The van der Waals surface area contributed by atoms with Crippen molar-refractivity contribution in [1.82, 2.24) is 0 Å². The predicted molar refractivity (Wildman–Crippen MR) is 42.6 cm³/mol. The Kier molecular flexibility index (Phi) is 0.602. The smallest absolute Gasteiger partial charge is 0.141 e. The number of carbonyl (C=O) groups is 2. The van der Waals surface area contributed by atoms with Gasteiger partial charge < -0.3 is 0 Å². The van der Waals surface area contributed by atoms with E-state index in [0.29, 0.717) is 35.2 Å². The minimum Gasteiger partial charge on any atom is -0.299 e. The molecule has 0 aromatic rings. The fraction of sp³-hybridized carbons (Fsp3) is 0.818. The van der Waals surface area contributed by atoms with Crippen molar-refractivity contribution < 1.29 is 9.59 Å². The van der Waals surface area contributed by atoms with Crippen LogP contribution in [0.25, 0.3) is 0 Å². The van der Waals surface area contributed by atoms with Gasteiger partial charge in [-0.1, -0.05) is 0 Å². The molecule has 0 aliphatic heterocycles.